The lowest BCUT2D eigenvalue weighted by atomic mass is 9.89. The molecule has 0 aliphatic carbocycles. The smallest absolute Gasteiger partial charge is 0.336 e. The molecule has 142 valence electrons. The summed E-state index contributed by atoms with van der Waals surface area (Å²) in [5, 5.41) is 10.0. The Morgan fingerprint density at radius 3 is 1.55 bits per heavy atom. The van der Waals surface area contributed by atoms with Crippen molar-refractivity contribution >= 4 is 5.97 Å². The van der Waals surface area contributed by atoms with Crippen LogP contribution in [0.4, 0.5) is 0 Å². The fourth-order valence-electron chi connectivity index (χ4n) is 3.39. The number of carbonyl (C=O) groups is 1. The first kappa shape index (κ1) is 16.7. The van der Waals surface area contributed by atoms with Crippen LogP contribution in [0, 0.1) is 0 Å². The highest BCUT2D eigenvalue weighted by Crippen LogP contribution is 2.44. The number of aromatic amines is 4. The first-order valence-corrected chi connectivity index (χ1v) is 8.67. The van der Waals surface area contributed by atoms with E-state index in [-0.39, 0.29) is 5.56 Å². The van der Waals surface area contributed by atoms with Crippen molar-refractivity contribution in [1.82, 2.24) is 39.9 Å². The highest BCUT2D eigenvalue weighted by molar-refractivity contribution is 6.07. The third-order valence-electron chi connectivity index (χ3n) is 4.52. The lowest BCUT2D eigenvalue weighted by molar-refractivity contribution is 0.0697. The predicted molar refractivity (Wildman–Crippen MR) is 104 cm³/mol. The Hall–Kier alpha value is -4.47. The van der Waals surface area contributed by atoms with Gasteiger partial charge in [0.15, 0.2) is 0 Å². The summed E-state index contributed by atoms with van der Waals surface area (Å²) in [5.41, 5.74) is 2.23. The molecule has 5 N–H and O–H groups in total. The minimum Gasteiger partial charge on any atom is -0.478 e. The fraction of sp³-hybridized carbons (Fsp3) is 0. The van der Waals surface area contributed by atoms with E-state index in [1.807, 2.05) is 0 Å². The number of nitrogens with zero attached hydrogens (tertiary/aromatic N) is 4. The molecule has 0 aliphatic heterocycles. The molecule has 10 nitrogen and oxygen atoms in total. The Bertz CT molecular complexity index is 1250. The second kappa shape index (κ2) is 6.60. The molecule has 0 saturated carbocycles. The van der Waals surface area contributed by atoms with Crippen LogP contribution in [0.25, 0.3) is 45.6 Å². The molecule has 0 saturated heterocycles. The van der Waals surface area contributed by atoms with Crippen LogP contribution in [0.5, 0.6) is 0 Å². The Morgan fingerprint density at radius 1 is 0.655 bits per heavy atom. The van der Waals surface area contributed by atoms with Crippen molar-refractivity contribution in [3.8, 4) is 45.6 Å². The third-order valence-corrected chi connectivity index (χ3v) is 4.52. The molecule has 0 amide bonds. The number of hydrogen-bond donors (Lipinski definition) is 5. The van der Waals surface area contributed by atoms with Crippen molar-refractivity contribution in [3.63, 3.8) is 0 Å². The van der Waals surface area contributed by atoms with Gasteiger partial charge in [0.1, 0.15) is 23.3 Å². The monoisotopic (exact) mass is 386 g/mol. The molecule has 1 aromatic carbocycles. The second-order valence-electron chi connectivity index (χ2n) is 6.15. The van der Waals surface area contributed by atoms with Crippen molar-refractivity contribution in [1.29, 1.82) is 0 Å². The fourth-order valence-corrected chi connectivity index (χ4v) is 3.39. The largest absolute Gasteiger partial charge is 0.478 e. The zero-order chi connectivity index (χ0) is 19.8. The molecule has 10 heteroatoms. The molecule has 0 aliphatic rings. The number of carboxylic acids is 1. The number of nitrogens with one attached hydrogen (secondary N) is 4. The van der Waals surface area contributed by atoms with Crippen molar-refractivity contribution < 1.29 is 9.90 Å². The zero-order valence-electron chi connectivity index (χ0n) is 14.8. The molecule has 5 aromatic rings. The van der Waals surface area contributed by atoms with Crippen LogP contribution in [0.2, 0.25) is 0 Å². The number of H-pyrrole nitrogens is 4. The SMILES string of the molecule is O=C(O)c1cc(-c2ncc[nH]2)c(-c2ncc[nH]2)c(-c2ncc[nH]2)c1-c1ncc[nH]1. The van der Waals surface area contributed by atoms with E-state index < -0.39 is 5.97 Å². The lowest BCUT2D eigenvalue weighted by Crippen LogP contribution is -2.07. The predicted octanol–water partition coefficient (Wildman–Crippen LogP) is 2.95. The molecule has 29 heavy (non-hydrogen) atoms. The van der Waals surface area contributed by atoms with Crippen molar-refractivity contribution in [3.05, 3.63) is 61.2 Å². The number of benzene rings is 1. The number of aromatic nitrogens is 8. The van der Waals surface area contributed by atoms with Crippen LogP contribution < -0.4 is 0 Å². The third kappa shape index (κ3) is 2.70. The Morgan fingerprint density at radius 2 is 1.10 bits per heavy atom. The standard InChI is InChI=1S/C19H14N8O2/c28-19(29)11-9-10(15-20-1-2-21-15)12(16-22-3-4-23-16)14(18-26-7-8-27-18)13(11)17-24-5-6-25-17/h1-9H,(H,20,21)(H,22,23)(H,24,25)(H,26,27)(H,28,29). The summed E-state index contributed by atoms with van der Waals surface area (Å²) < 4.78 is 0. The van der Waals surface area contributed by atoms with Crippen LogP contribution in [0.3, 0.4) is 0 Å². The van der Waals surface area contributed by atoms with E-state index in [1.165, 1.54) is 0 Å². The molecule has 0 radical (unpaired) electrons. The molecule has 0 fully saturated rings. The van der Waals surface area contributed by atoms with Gasteiger partial charge in [-0.2, -0.15) is 0 Å². The number of imidazole rings is 4. The molecular weight excluding hydrogens is 372 g/mol. The summed E-state index contributed by atoms with van der Waals surface area (Å²) in [6.45, 7) is 0. The maximum Gasteiger partial charge on any atom is 0.336 e. The zero-order valence-corrected chi connectivity index (χ0v) is 14.8. The molecule has 4 heterocycles. The summed E-state index contributed by atoms with van der Waals surface area (Å²) in [4.78, 5) is 41.9. The topological polar surface area (TPSA) is 152 Å². The summed E-state index contributed by atoms with van der Waals surface area (Å²) in [5.74, 6) is 0.861. The van der Waals surface area contributed by atoms with Crippen molar-refractivity contribution in [2.75, 3.05) is 0 Å². The average molecular weight is 386 g/mol. The average Bonchev–Trinajstić information content (AvgIpc) is 3.53. The van der Waals surface area contributed by atoms with E-state index in [4.69, 9.17) is 0 Å². The first-order chi connectivity index (χ1) is 14.2. The molecule has 4 aromatic heterocycles. The molecule has 0 bridgehead atoms. The van der Waals surface area contributed by atoms with Crippen LogP contribution in [0.15, 0.2) is 55.6 Å². The van der Waals surface area contributed by atoms with Gasteiger partial charge in [0.2, 0.25) is 0 Å². The number of hydrogen-bond acceptors (Lipinski definition) is 5. The number of rotatable bonds is 5. The van der Waals surface area contributed by atoms with E-state index in [0.717, 1.165) is 0 Å². The van der Waals surface area contributed by atoms with E-state index in [9.17, 15) is 9.90 Å². The highest BCUT2D eigenvalue weighted by atomic mass is 16.4. The van der Waals surface area contributed by atoms with E-state index in [0.29, 0.717) is 45.6 Å². The minimum absolute atomic E-state index is 0.0630. The lowest BCUT2D eigenvalue weighted by Gasteiger charge is -2.17. The Kier molecular flexibility index (Phi) is 3.80. The normalized spacial score (nSPS) is 11.0. The molecule has 0 spiro atoms. The summed E-state index contributed by atoms with van der Waals surface area (Å²) >= 11 is 0. The molecule has 0 unspecified atom stereocenters. The van der Waals surface area contributed by atoms with Gasteiger partial charge < -0.3 is 25.0 Å². The highest BCUT2D eigenvalue weighted by Gasteiger charge is 2.29. The van der Waals surface area contributed by atoms with Gasteiger partial charge in [-0.3, -0.25) is 0 Å². The van der Waals surface area contributed by atoms with Gasteiger partial charge in [0.25, 0.3) is 0 Å². The van der Waals surface area contributed by atoms with Crippen LogP contribution in [0.1, 0.15) is 10.4 Å². The maximum atomic E-state index is 12.2. The van der Waals surface area contributed by atoms with Crippen molar-refractivity contribution in [2.24, 2.45) is 0 Å². The maximum absolute atomic E-state index is 12.2. The van der Waals surface area contributed by atoms with Gasteiger partial charge in [-0.1, -0.05) is 0 Å². The summed E-state index contributed by atoms with van der Waals surface area (Å²) in [6.07, 6.45) is 13.1. The number of aromatic carboxylic acids is 1. The summed E-state index contributed by atoms with van der Waals surface area (Å²) in [6, 6.07) is 1.57. The van der Waals surface area contributed by atoms with Crippen LogP contribution in [-0.4, -0.2) is 50.9 Å². The van der Waals surface area contributed by atoms with E-state index >= 15 is 0 Å². The quantitative estimate of drug-likeness (QED) is 0.313. The summed E-state index contributed by atoms with van der Waals surface area (Å²) in [7, 11) is 0. The Balaban J connectivity index is 1.99. The Labute approximate surface area is 163 Å². The molecule has 0 atom stereocenters. The second-order valence-corrected chi connectivity index (χ2v) is 6.15. The first-order valence-electron chi connectivity index (χ1n) is 8.67. The number of carboxylic acid groups (broad SMARTS) is 1. The van der Waals surface area contributed by atoms with Gasteiger partial charge in [-0.25, -0.2) is 24.7 Å². The van der Waals surface area contributed by atoms with Crippen LogP contribution in [-0.2, 0) is 0 Å². The van der Waals surface area contributed by atoms with Crippen molar-refractivity contribution in [2.45, 2.75) is 0 Å². The van der Waals surface area contributed by atoms with Gasteiger partial charge in [0, 0.05) is 71.8 Å². The molecule has 5 rings (SSSR count). The van der Waals surface area contributed by atoms with Crippen LogP contribution >= 0.6 is 0 Å². The van der Waals surface area contributed by atoms with Gasteiger partial charge in [-0.15, -0.1) is 0 Å². The van der Waals surface area contributed by atoms with Gasteiger partial charge >= 0.3 is 5.97 Å². The minimum atomic E-state index is -1.09. The van der Waals surface area contributed by atoms with Gasteiger partial charge in [-0.05, 0) is 6.07 Å². The van der Waals surface area contributed by atoms with Gasteiger partial charge in [0.05, 0.1) is 5.56 Å². The van der Waals surface area contributed by atoms with E-state index in [1.54, 1.807) is 55.6 Å². The van der Waals surface area contributed by atoms with E-state index in [2.05, 4.69) is 39.9 Å². The molecular formula is C19H14N8O2.